The van der Waals surface area contributed by atoms with Crippen LogP contribution in [0.4, 0.5) is 5.69 Å². The highest BCUT2D eigenvalue weighted by Gasteiger charge is 2.10. The molecule has 114 valence electrons. The summed E-state index contributed by atoms with van der Waals surface area (Å²) >= 11 is 2.18. The lowest BCUT2D eigenvalue weighted by atomic mass is 10.2. The van der Waals surface area contributed by atoms with Gasteiger partial charge in [-0.3, -0.25) is 10.2 Å². The molecule has 0 radical (unpaired) electrons. The molecule has 7 heteroatoms. The van der Waals surface area contributed by atoms with E-state index in [9.17, 15) is 9.59 Å². The molecule has 0 unspecified atom stereocenters. The van der Waals surface area contributed by atoms with Crippen LogP contribution in [-0.4, -0.2) is 23.7 Å². The van der Waals surface area contributed by atoms with Crippen LogP contribution < -0.4 is 10.9 Å². The predicted molar refractivity (Wildman–Crippen MR) is 87.5 cm³/mol. The number of hydrazine groups is 1. The second-order valence-corrected chi connectivity index (χ2v) is 5.28. The Kier molecular flexibility index (Phi) is 7.59. The zero-order chi connectivity index (χ0) is 15.7. The first-order valence-corrected chi connectivity index (χ1v) is 7.47. The Morgan fingerprint density at radius 2 is 2.19 bits per heavy atom. The van der Waals surface area contributed by atoms with Gasteiger partial charge in [-0.15, -0.1) is 0 Å². The molecule has 1 aromatic rings. The third kappa shape index (κ3) is 6.98. The number of hydrogen-bond acceptors (Lipinski definition) is 5. The molecule has 0 saturated carbocycles. The molecule has 0 aliphatic heterocycles. The van der Waals surface area contributed by atoms with E-state index in [-0.39, 0.29) is 25.1 Å². The van der Waals surface area contributed by atoms with Crippen molar-refractivity contribution in [2.75, 3.05) is 12.0 Å². The maximum Gasteiger partial charge on any atom is 0.355 e. The van der Waals surface area contributed by atoms with Crippen LogP contribution in [0.5, 0.6) is 0 Å². The van der Waals surface area contributed by atoms with Crippen LogP contribution in [0.15, 0.2) is 36.0 Å². The summed E-state index contributed by atoms with van der Waals surface area (Å²) in [4.78, 5) is 22.3. The fraction of sp³-hybridized carbons (Fsp3) is 0.286. The van der Waals surface area contributed by atoms with E-state index in [0.29, 0.717) is 0 Å². The molecule has 0 saturated heterocycles. The third-order valence-electron chi connectivity index (χ3n) is 2.37. The minimum absolute atomic E-state index is 0.0478. The van der Waals surface area contributed by atoms with Gasteiger partial charge in [0.25, 0.3) is 0 Å². The first-order valence-electron chi connectivity index (χ1n) is 6.39. The average molecular weight is 404 g/mol. The third-order valence-corrected chi connectivity index (χ3v) is 3.04. The van der Waals surface area contributed by atoms with E-state index in [1.165, 1.54) is 6.08 Å². The summed E-state index contributed by atoms with van der Waals surface area (Å²) < 4.78 is 5.96. The molecule has 0 atom stereocenters. The van der Waals surface area contributed by atoms with Crippen molar-refractivity contribution in [3.8, 4) is 0 Å². The number of carboxylic acid groups (broad SMARTS) is 1. The Bertz CT molecular complexity index is 531. The molecule has 0 aliphatic rings. The minimum atomic E-state index is -0.917. The molecule has 0 bridgehead atoms. The zero-order valence-corrected chi connectivity index (χ0v) is 13.7. The number of allylic oxidation sites excluding steroid dienone is 1. The number of carbonyl (C=O) groups excluding carboxylic acids is 1. The van der Waals surface area contributed by atoms with Gasteiger partial charge in [0, 0.05) is 9.99 Å². The van der Waals surface area contributed by atoms with Crippen molar-refractivity contribution in [3.63, 3.8) is 0 Å². The molecule has 21 heavy (non-hydrogen) atoms. The van der Waals surface area contributed by atoms with Gasteiger partial charge in [0.15, 0.2) is 0 Å². The SMILES string of the molecule is CCOC(=O)/C(=C\CCC(=O)O)NNc1cccc(I)c1. The summed E-state index contributed by atoms with van der Waals surface area (Å²) in [6.45, 7) is 1.96. The van der Waals surface area contributed by atoms with Crippen molar-refractivity contribution < 1.29 is 19.4 Å². The first-order chi connectivity index (χ1) is 10.0. The van der Waals surface area contributed by atoms with Crippen molar-refractivity contribution in [3.05, 3.63) is 39.6 Å². The highest BCUT2D eigenvalue weighted by molar-refractivity contribution is 14.1. The van der Waals surface area contributed by atoms with Gasteiger partial charge in [-0.25, -0.2) is 4.79 Å². The van der Waals surface area contributed by atoms with Crippen LogP contribution in [-0.2, 0) is 14.3 Å². The van der Waals surface area contributed by atoms with Crippen LogP contribution in [0.2, 0.25) is 0 Å². The van der Waals surface area contributed by atoms with Crippen molar-refractivity contribution >= 4 is 40.2 Å². The standard InChI is InChI=1S/C14H17IN2O4/c1-2-21-14(20)12(7-4-8-13(18)19)17-16-11-6-3-5-10(15)9-11/h3,5-7,9,16-17H,2,4,8H2,1H3,(H,18,19)/b12-7+. The molecule has 0 fully saturated rings. The highest BCUT2D eigenvalue weighted by atomic mass is 127. The van der Waals surface area contributed by atoms with E-state index in [0.717, 1.165) is 9.26 Å². The monoisotopic (exact) mass is 404 g/mol. The van der Waals surface area contributed by atoms with Crippen LogP contribution in [0.1, 0.15) is 19.8 Å². The van der Waals surface area contributed by atoms with Crippen molar-refractivity contribution in [2.24, 2.45) is 0 Å². The smallest absolute Gasteiger partial charge is 0.355 e. The van der Waals surface area contributed by atoms with Gasteiger partial charge in [-0.05, 0) is 54.1 Å². The maximum absolute atomic E-state index is 11.8. The van der Waals surface area contributed by atoms with Crippen LogP contribution >= 0.6 is 22.6 Å². The molecule has 3 N–H and O–H groups in total. The zero-order valence-electron chi connectivity index (χ0n) is 11.6. The van der Waals surface area contributed by atoms with E-state index in [1.807, 2.05) is 24.3 Å². The molecule has 0 amide bonds. The number of ether oxygens (including phenoxy) is 1. The van der Waals surface area contributed by atoms with Gasteiger partial charge in [-0.1, -0.05) is 12.1 Å². The Balaban J connectivity index is 2.67. The van der Waals surface area contributed by atoms with Gasteiger partial charge in [-0.2, -0.15) is 0 Å². The first kappa shape index (κ1) is 17.3. The number of carboxylic acids is 1. The summed E-state index contributed by atoms with van der Waals surface area (Å²) in [5.74, 6) is -1.44. The lowest BCUT2D eigenvalue weighted by molar-refractivity contribution is -0.139. The van der Waals surface area contributed by atoms with E-state index >= 15 is 0 Å². The molecule has 1 aromatic carbocycles. The summed E-state index contributed by atoms with van der Waals surface area (Å²) in [6.07, 6.45) is 1.70. The Morgan fingerprint density at radius 1 is 1.43 bits per heavy atom. The number of anilines is 1. The second kappa shape index (κ2) is 9.22. The second-order valence-electron chi connectivity index (χ2n) is 4.03. The molecule has 0 aliphatic carbocycles. The maximum atomic E-state index is 11.8. The Hall–Kier alpha value is -1.77. The summed E-state index contributed by atoms with van der Waals surface area (Å²) in [6, 6.07) is 7.56. The molecule has 0 aromatic heterocycles. The fourth-order valence-electron chi connectivity index (χ4n) is 1.44. The molecule has 6 nitrogen and oxygen atoms in total. The van der Waals surface area contributed by atoms with Crippen molar-refractivity contribution in [2.45, 2.75) is 19.8 Å². The van der Waals surface area contributed by atoms with Crippen molar-refractivity contribution in [1.29, 1.82) is 0 Å². The molecular weight excluding hydrogens is 387 g/mol. The normalized spacial score (nSPS) is 10.9. The van der Waals surface area contributed by atoms with E-state index < -0.39 is 11.9 Å². The topological polar surface area (TPSA) is 87.7 Å². The van der Waals surface area contributed by atoms with E-state index in [2.05, 4.69) is 33.4 Å². The molecule has 1 rings (SSSR count). The molecule has 0 heterocycles. The summed E-state index contributed by atoms with van der Waals surface area (Å²) in [5, 5.41) is 8.62. The Morgan fingerprint density at radius 3 is 2.81 bits per heavy atom. The Labute approximate surface area is 136 Å². The molecule has 0 spiro atoms. The lowest BCUT2D eigenvalue weighted by Gasteiger charge is -2.12. The minimum Gasteiger partial charge on any atom is -0.481 e. The lowest BCUT2D eigenvalue weighted by Crippen LogP contribution is -2.27. The van der Waals surface area contributed by atoms with Gasteiger partial charge < -0.3 is 15.3 Å². The largest absolute Gasteiger partial charge is 0.481 e. The number of nitrogens with one attached hydrogen (secondary N) is 2. The van der Waals surface area contributed by atoms with E-state index in [4.69, 9.17) is 9.84 Å². The number of esters is 1. The van der Waals surface area contributed by atoms with Gasteiger partial charge in [0.2, 0.25) is 0 Å². The van der Waals surface area contributed by atoms with Crippen LogP contribution in [0.3, 0.4) is 0 Å². The fourth-order valence-corrected chi connectivity index (χ4v) is 1.98. The number of benzene rings is 1. The van der Waals surface area contributed by atoms with Gasteiger partial charge >= 0.3 is 11.9 Å². The highest BCUT2D eigenvalue weighted by Crippen LogP contribution is 2.12. The van der Waals surface area contributed by atoms with Crippen molar-refractivity contribution in [1.82, 2.24) is 5.43 Å². The molecular formula is C14H17IN2O4. The predicted octanol–water partition coefficient (Wildman–Crippen LogP) is 2.52. The van der Waals surface area contributed by atoms with Crippen LogP contribution in [0.25, 0.3) is 0 Å². The van der Waals surface area contributed by atoms with Gasteiger partial charge in [0.1, 0.15) is 5.70 Å². The summed E-state index contributed by atoms with van der Waals surface area (Å²) in [7, 11) is 0. The van der Waals surface area contributed by atoms with Crippen LogP contribution in [0, 0.1) is 3.57 Å². The van der Waals surface area contributed by atoms with E-state index in [1.54, 1.807) is 6.92 Å². The van der Waals surface area contributed by atoms with Gasteiger partial charge in [0.05, 0.1) is 12.3 Å². The number of rotatable bonds is 8. The number of hydrogen-bond donors (Lipinski definition) is 3. The number of aliphatic carboxylic acids is 1. The number of carbonyl (C=O) groups is 2. The number of halogens is 1. The average Bonchev–Trinajstić information content (AvgIpc) is 2.42. The quantitative estimate of drug-likeness (QED) is 0.267. The summed E-state index contributed by atoms with van der Waals surface area (Å²) in [5.41, 5.74) is 6.63.